The minimum absolute atomic E-state index is 0.0546. The number of fused-ring (bicyclic) bond motifs is 2. The van der Waals surface area contributed by atoms with Crippen molar-refractivity contribution in [2.45, 2.75) is 62.0 Å². The number of aliphatic hydroxyl groups is 3. The molecule has 118 valence electrons. The average molecular weight is 296 g/mol. The van der Waals surface area contributed by atoms with E-state index in [9.17, 15) is 20.1 Å². The summed E-state index contributed by atoms with van der Waals surface area (Å²) in [6.07, 6.45) is 2.20. The highest BCUT2D eigenvalue weighted by atomic mass is 16.3. The van der Waals surface area contributed by atoms with Crippen molar-refractivity contribution in [1.82, 2.24) is 9.80 Å². The van der Waals surface area contributed by atoms with Gasteiger partial charge in [0.2, 0.25) is 0 Å². The number of piperidine rings is 4. The summed E-state index contributed by atoms with van der Waals surface area (Å²) >= 11 is 0. The lowest BCUT2D eigenvalue weighted by Gasteiger charge is -2.62. The average Bonchev–Trinajstić information content (AvgIpc) is 2.43. The maximum absolute atomic E-state index is 12.3. The van der Waals surface area contributed by atoms with Crippen LogP contribution in [0.25, 0.3) is 0 Å². The Hall–Kier alpha value is -0.690. The quantitative estimate of drug-likeness (QED) is 0.530. The second-order valence-corrected chi connectivity index (χ2v) is 7.33. The van der Waals surface area contributed by atoms with Gasteiger partial charge in [0.05, 0.1) is 18.2 Å². The van der Waals surface area contributed by atoms with E-state index in [2.05, 4.69) is 4.90 Å². The van der Waals surface area contributed by atoms with Crippen LogP contribution in [0, 0.1) is 5.92 Å². The van der Waals surface area contributed by atoms with Crippen molar-refractivity contribution in [2.75, 3.05) is 19.6 Å². The number of hydrogen-bond donors (Lipinski definition) is 3. The van der Waals surface area contributed by atoms with E-state index in [0.717, 1.165) is 19.4 Å². The summed E-state index contributed by atoms with van der Waals surface area (Å²) in [5.41, 5.74) is -0.883. The lowest BCUT2D eigenvalue weighted by atomic mass is 9.65. The first-order valence-corrected chi connectivity index (χ1v) is 8.13. The lowest BCUT2D eigenvalue weighted by molar-refractivity contribution is -0.206. The Morgan fingerprint density at radius 2 is 2.05 bits per heavy atom. The van der Waals surface area contributed by atoms with E-state index in [0.29, 0.717) is 32.4 Å². The van der Waals surface area contributed by atoms with E-state index < -0.39 is 11.7 Å². The van der Waals surface area contributed by atoms with E-state index in [4.69, 9.17) is 0 Å². The van der Waals surface area contributed by atoms with Gasteiger partial charge in [-0.3, -0.25) is 9.69 Å². The molecule has 6 atom stereocenters. The molecule has 4 rings (SSSR count). The fourth-order valence-electron chi connectivity index (χ4n) is 5.32. The summed E-state index contributed by atoms with van der Waals surface area (Å²) in [5.74, 6) is -0.125. The molecule has 0 aromatic carbocycles. The Labute approximate surface area is 124 Å². The van der Waals surface area contributed by atoms with E-state index in [1.807, 2.05) is 0 Å². The molecule has 0 radical (unpaired) electrons. The molecular formula is C15H24N2O4. The Balaban J connectivity index is 1.71. The maximum atomic E-state index is 12.3. The summed E-state index contributed by atoms with van der Waals surface area (Å²) in [7, 11) is 0. The first-order valence-electron chi connectivity index (χ1n) is 8.13. The molecule has 4 aliphatic heterocycles. The second kappa shape index (κ2) is 4.65. The zero-order valence-electron chi connectivity index (χ0n) is 12.2. The fraction of sp³-hybridized carbons (Fsp3) is 0.933. The Bertz CT molecular complexity index is 459. The summed E-state index contributed by atoms with van der Waals surface area (Å²) < 4.78 is 0. The van der Waals surface area contributed by atoms with Gasteiger partial charge < -0.3 is 20.2 Å². The van der Waals surface area contributed by atoms with Gasteiger partial charge in [-0.15, -0.1) is 0 Å². The highest BCUT2D eigenvalue weighted by Crippen LogP contribution is 2.46. The van der Waals surface area contributed by atoms with E-state index >= 15 is 0 Å². The molecule has 0 aromatic heterocycles. The highest BCUT2D eigenvalue weighted by molar-refractivity contribution is 5.82. The normalized spacial score (nSPS) is 50.5. The van der Waals surface area contributed by atoms with Gasteiger partial charge in [0.25, 0.3) is 5.91 Å². The Kier molecular flexibility index (Phi) is 3.09. The standard InChI is InChI=1S/C15H24N2O4/c18-9-6-10-11-2-3-12(19)14(20)17(11)8-15(21)4-1-5-16(7-9)13(10)15/h9-13,18-19,21H,1-8H2. The van der Waals surface area contributed by atoms with Crippen molar-refractivity contribution in [1.29, 1.82) is 0 Å². The van der Waals surface area contributed by atoms with E-state index in [1.54, 1.807) is 4.90 Å². The van der Waals surface area contributed by atoms with Crippen LogP contribution in [0.5, 0.6) is 0 Å². The molecule has 4 heterocycles. The minimum Gasteiger partial charge on any atom is -0.392 e. The van der Waals surface area contributed by atoms with Gasteiger partial charge in [0.15, 0.2) is 0 Å². The molecule has 21 heavy (non-hydrogen) atoms. The predicted octanol–water partition coefficient (Wildman–Crippen LogP) is -1.07. The lowest BCUT2D eigenvalue weighted by Crippen LogP contribution is -2.76. The zero-order chi connectivity index (χ0) is 14.8. The van der Waals surface area contributed by atoms with Gasteiger partial charge in [-0.25, -0.2) is 0 Å². The molecule has 4 aliphatic rings. The first-order chi connectivity index (χ1) is 9.99. The minimum atomic E-state index is -0.922. The van der Waals surface area contributed by atoms with Crippen LogP contribution in [0.15, 0.2) is 0 Å². The predicted molar refractivity (Wildman–Crippen MR) is 74.4 cm³/mol. The smallest absolute Gasteiger partial charge is 0.251 e. The number of carbonyl (C=O) groups excluding carboxylic acids is 1. The molecule has 0 saturated carbocycles. The van der Waals surface area contributed by atoms with Gasteiger partial charge >= 0.3 is 0 Å². The van der Waals surface area contributed by atoms with Crippen molar-refractivity contribution in [3.63, 3.8) is 0 Å². The van der Waals surface area contributed by atoms with Crippen molar-refractivity contribution < 1.29 is 20.1 Å². The first kappa shape index (κ1) is 13.9. The van der Waals surface area contributed by atoms with Gasteiger partial charge in [-0.2, -0.15) is 0 Å². The Morgan fingerprint density at radius 3 is 2.86 bits per heavy atom. The van der Waals surface area contributed by atoms with Crippen molar-refractivity contribution in [3.8, 4) is 0 Å². The Morgan fingerprint density at radius 1 is 1.24 bits per heavy atom. The van der Waals surface area contributed by atoms with Crippen LogP contribution in [0.2, 0.25) is 0 Å². The van der Waals surface area contributed by atoms with Crippen molar-refractivity contribution >= 4 is 5.91 Å². The number of nitrogens with zero attached hydrogens (tertiary/aromatic N) is 2. The molecule has 0 spiro atoms. The molecule has 4 fully saturated rings. The van der Waals surface area contributed by atoms with Crippen molar-refractivity contribution in [3.05, 3.63) is 0 Å². The number of rotatable bonds is 0. The molecule has 6 nitrogen and oxygen atoms in total. The summed E-state index contributed by atoms with van der Waals surface area (Å²) in [4.78, 5) is 16.2. The van der Waals surface area contributed by atoms with Crippen LogP contribution in [0.3, 0.4) is 0 Å². The van der Waals surface area contributed by atoms with Crippen molar-refractivity contribution in [2.24, 2.45) is 5.92 Å². The number of hydrogen-bond acceptors (Lipinski definition) is 5. The molecule has 6 unspecified atom stereocenters. The van der Waals surface area contributed by atoms with E-state index in [1.165, 1.54) is 0 Å². The van der Waals surface area contributed by atoms with Crippen LogP contribution >= 0.6 is 0 Å². The maximum Gasteiger partial charge on any atom is 0.251 e. The van der Waals surface area contributed by atoms with Gasteiger partial charge in [-0.05, 0) is 38.6 Å². The third-order valence-electron chi connectivity index (χ3n) is 6.04. The summed E-state index contributed by atoms with van der Waals surface area (Å²) in [5, 5.41) is 31.1. The van der Waals surface area contributed by atoms with Crippen LogP contribution in [0.1, 0.15) is 32.1 Å². The number of amides is 1. The molecular weight excluding hydrogens is 272 g/mol. The number of carbonyl (C=O) groups is 1. The highest BCUT2D eigenvalue weighted by Gasteiger charge is 2.59. The second-order valence-electron chi connectivity index (χ2n) is 7.33. The fourth-order valence-corrected chi connectivity index (χ4v) is 5.32. The topological polar surface area (TPSA) is 84.2 Å². The third kappa shape index (κ3) is 1.96. The monoisotopic (exact) mass is 296 g/mol. The molecule has 6 heteroatoms. The van der Waals surface area contributed by atoms with Crippen LogP contribution in [0.4, 0.5) is 0 Å². The number of aliphatic hydroxyl groups excluding tert-OH is 2. The van der Waals surface area contributed by atoms with Crippen LogP contribution in [-0.4, -0.2) is 80.6 Å². The van der Waals surface area contributed by atoms with E-state index in [-0.39, 0.29) is 30.0 Å². The van der Waals surface area contributed by atoms with Crippen LogP contribution < -0.4 is 0 Å². The van der Waals surface area contributed by atoms with Crippen LogP contribution in [-0.2, 0) is 4.79 Å². The zero-order valence-corrected chi connectivity index (χ0v) is 12.2. The largest absolute Gasteiger partial charge is 0.392 e. The van der Waals surface area contributed by atoms with Gasteiger partial charge in [-0.1, -0.05) is 0 Å². The molecule has 0 aromatic rings. The third-order valence-corrected chi connectivity index (χ3v) is 6.04. The molecule has 4 saturated heterocycles. The summed E-state index contributed by atoms with van der Waals surface area (Å²) in [6.45, 7) is 1.89. The van der Waals surface area contributed by atoms with Gasteiger partial charge in [0.1, 0.15) is 6.10 Å². The summed E-state index contributed by atoms with van der Waals surface area (Å²) in [6, 6.07) is 0.112. The van der Waals surface area contributed by atoms with Gasteiger partial charge in [0, 0.05) is 24.5 Å². The molecule has 0 bridgehead atoms. The molecule has 1 amide bonds. The molecule has 3 N–H and O–H groups in total. The molecule has 0 aliphatic carbocycles. The SMILES string of the molecule is O=C1C(O)CCC2C3CC(O)CN4CCCC(O)(CN12)C34.